The van der Waals surface area contributed by atoms with Crippen molar-refractivity contribution in [3.63, 3.8) is 0 Å². The molecule has 0 spiro atoms. The summed E-state index contributed by atoms with van der Waals surface area (Å²) < 4.78 is 40.0. The van der Waals surface area contributed by atoms with Gasteiger partial charge >= 0.3 is 6.36 Å². The monoisotopic (exact) mass is 365 g/mol. The Hall–Kier alpha value is -0.570. The molecule has 0 amide bonds. The Bertz CT molecular complexity index is 436. The molecule has 1 aromatic heterocycles. The van der Waals surface area contributed by atoms with Gasteiger partial charge in [-0.25, -0.2) is 4.98 Å². The second-order valence-corrected chi connectivity index (χ2v) is 4.21. The van der Waals surface area contributed by atoms with Crippen molar-refractivity contribution in [1.29, 1.82) is 0 Å². The first-order chi connectivity index (χ1) is 7.20. The Morgan fingerprint density at radius 2 is 2.12 bits per heavy atom. The fourth-order valence-electron chi connectivity index (χ4n) is 1.03. The minimum absolute atomic E-state index is 0.274. The van der Waals surface area contributed by atoms with E-state index in [0.29, 0.717) is 0 Å². The highest BCUT2D eigenvalue weighted by molar-refractivity contribution is 14.1. The quantitative estimate of drug-likeness (QED) is 0.459. The van der Waals surface area contributed by atoms with Crippen LogP contribution in [0.25, 0.3) is 0 Å². The molecule has 3 nitrogen and oxygen atoms in total. The highest BCUT2D eigenvalue weighted by Gasteiger charge is 2.34. The number of aryl methyl sites for hydroxylation is 1. The van der Waals surface area contributed by atoms with Crippen molar-refractivity contribution >= 4 is 39.4 Å². The second kappa shape index (κ2) is 4.74. The molecule has 1 aromatic rings. The number of ether oxygens (including phenoxy) is 1. The van der Waals surface area contributed by atoms with Gasteiger partial charge in [-0.05, 0) is 52.7 Å². The van der Waals surface area contributed by atoms with Crippen LogP contribution < -0.4 is 4.74 Å². The molecule has 16 heavy (non-hydrogen) atoms. The standard InChI is InChI=1S/C8H4ClF3INO2/c1-3-2-4(13)14-7(5(3)6(9)15)16-8(10,11)12/h2H,1H3. The molecule has 0 aliphatic rings. The molecule has 0 saturated heterocycles. The first kappa shape index (κ1) is 13.5. The third kappa shape index (κ3) is 3.48. The van der Waals surface area contributed by atoms with E-state index in [1.165, 1.54) is 13.0 Å². The van der Waals surface area contributed by atoms with Crippen molar-refractivity contribution < 1.29 is 22.7 Å². The zero-order valence-electron chi connectivity index (χ0n) is 7.73. The fraction of sp³-hybridized carbons (Fsp3) is 0.250. The third-order valence-corrected chi connectivity index (χ3v) is 2.30. The molecule has 0 saturated carbocycles. The van der Waals surface area contributed by atoms with Gasteiger partial charge < -0.3 is 4.74 Å². The highest BCUT2D eigenvalue weighted by Crippen LogP contribution is 2.28. The summed E-state index contributed by atoms with van der Waals surface area (Å²) in [4.78, 5) is 14.4. The minimum atomic E-state index is -4.91. The van der Waals surface area contributed by atoms with Crippen LogP contribution in [0.1, 0.15) is 15.9 Å². The number of carbonyl (C=O) groups is 1. The van der Waals surface area contributed by atoms with Crippen LogP contribution in [0.5, 0.6) is 5.88 Å². The lowest BCUT2D eigenvalue weighted by Crippen LogP contribution is -2.20. The van der Waals surface area contributed by atoms with E-state index in [-0.39, 0.29) is 14.8 Å². The van der Waals surface area contributed by atoms with Gasteiger partial charge in [0.05, 0.1) is 5.56 Å². The average molecular weight is 365 g/mol. The smallest absolute Gasteiger partial charge is 0.387 e. The predicted molar refractivity (Wildman–Crippen MR) is 58.6 cm³/mol. The van der Waals surface area contributed by atoms with Crippen molar-refractivity contribution in [2.45, 2.75) is 13.3 Å². The van der Waals surface area contributed by atoms with Crippen molar-refractivity contribution in [2.24, 2.45) is 0 Å². The molecule has 88 valence electrons. The summed E-state index contributed by atoms with van der Waals surface area (Å²) in [6.07, 6.45) is -4.91. The van der Waals surface area contributed by atoms with Gasteiger partial charge in [0.15, 0.2) is 0 Å². The molecule has 1 heterocycles. The minimum Gasteiger partial charge on any atom is -0.387 e. The maximum Gasteiger partial charge on any atom is 0.574 e. The largest absolute Gasteiger partial charge is 0.574 e. The predicted octanol–water partition coefficient (Wildman–Crippen LogP) is 3.27. The van der Waals surface area contributed by atoms with Crippen molar-refractivity contribution in [3.8, 4) is 5.88 Å². The molecular weight excluding hydrogens is 361 g/mol. The number of hydrogen-bond donors (Lipinski definition) is 0. The van der Waals surface area contributed by atoms with Crippen molar-refractivity contribution in [2.75, 3.05) is 0 Å². The Balaban J connectivity index is 3.30. The summed E-state index contributed by atoms with van der Waals surface area (Å²) in [6.45, 7) is 1.45. The summed E-state index contributed by atoms with van der Waals surface area (Å²) in [5.74, 6) is -0.822. The first-order valence-electron chi connectivity index (χ1n) is 3.83. The van der Waals surface area contributed by atoms with Crippen LogP contribution in [-0.4, -0.2) is 16.6 Å². The van der Waals surface area contributed by atoms with Gasteiger partial charge in [0.25, 0.3) is 5.24 Å². The number of alkyl halides is 3. The zero-order valence-corrected chi connectivity index (χ0v) is 10.6. The Morgan fingerprint density at radius 1 is 1.56 bits per heavy atom. The maximum absolute atomic E-state index is 12.0. The molecule has 0 unspecified atom stereocenters. The number of halogens is 5. The van der Waals surface area contributed by atoms with Crippen molar-refractivity contribution in [1.82, 2.24) is 4.98 Å². The summed E-state index contributed by atoms with van der Waals surface area (Å²) in [5, 5.41) is -1.04. The van der Waals surface area contributed by atoms with Crippen molar-refractivity contribution in [3.05, 3.63) is 20.9 Å². The van der Waals surface area contributed by atoms with E-state index in [4.69, 9.17) is 11.6 Å². The first-order valence-corrected chi connectivity index (χ1v) is 5.29. The van der Waals surface area contributed by atoms with Crippen LogP contribution in [0, 0.1) is 10.6 Å². The lowest BCUT2D eigenvalue weighted by molar-refractivity contribution is -0.276. The molecule has 0 aromatic carbocycles. The number of nitrogens with zero attached hydrogens (tertiary/aromatic N) is 1. The van der Waals surface area contributed by atoms with Crippen LogP contribution in [0.2, 0.25) is 0 Å². The number of carbonyl (C=O) groups excluding carboxylic acids is 1. The van der Waals surface area contributed by atoms with E-state index in [9.17, 15) is 18.0 Å². The molecule has 0 bridgehead atoms. The fourth-order valence-corrected chi connectivity index (χ4v) is 1.94. The van der Waals surface area contributed by atoms with Gasteiger partial charge in [0.2, 0.25) is 5.88 Å². The van der Waals surface area contributed by atoms with E-state index in [1.807, 2.05) is 0 Å². The Morgan fingerprint density at radius 3 is 2.56 bits per heavy atom. The molecular formula is C8H4ClF3INO2. The number of hydrogen-bond acceptors (Lipinski definition) is 3. The number of rotatable bonds is 2. The van der Waals surface area contributed by atoms with Gasteiger partial charge in [-0.1, -0.05) is 0 Å². The van der Waals surface area contributed by atoms with Crippen LogP contribution in [0.3, 0.4) is 0 Å². The topological polar surface area (TPSA) is 39.2 Å². The van der Waals surface area contributed by atoms with E-state index in [0.717, 1.165) is 0 Å². The van der Waals surface area contributed by atoms with E-state index in [1.54, 1.807) is 22.6 Å². The van der Waals surface area contributed by atoms with Crippen LogP contribution in [-0.2, 0) is 0 Å². The average Bonchev–Trinajstić information content (AvgIpc) is 1.96. The summed E-state index contributed by atoms with van der Waals surface area (Å²) >= 11 is 6.88. The van der Waals surface area contributed by atoms with Crippen LogP contribution >= 0.6 is 34.2 Å². The maximum atomic E-state index is 12.0. The molecule has 0 fully saturated rings. The van der Waals surface area contributed by atoms with Gasteiger partial charge in [-0.15, -0.1) is 13.2 Å². The zero-order chi connectivity index (χ0) is 12.5. The molecule has 0 aliphatic carbocycles. The van der Waals surface area contributed by atoms with Crippen LogP contribution in [0.4, 0.5) is 13.2 Å². The van der Waals surface area contributed by atoms with Gasteiger partial charge in [-0.3, -0.25) is 4.79 Å². The van der Waals surface area contributed by atoms with E-state index < -0.39 is 17.5 Å². The second-order valence-electron chi connectivity index (χ2n) is 2.76. The summed E-state index contributed by atoms with van der Waals surface area (Å²) in [7, 11) is 0. The van der Waals surface area contributed by atoms with E-state index >= 15 is 0 Å². The molecule has 0 atom stereocenters. The summed E-state index contributed by atoms with van der Waals surface area (Å²) in [5.41, 5.74) is -0.0990. The lowest BCUT2D eigenvalue weighted by atomic mass is 10.2. The Kier molecular flexibility index (Phi) is 4.00. The molecule has 8 heteroatoms. The van der Waals surface area contributed by atoms with Gasteiger partial charge in [0.1, 0.15) is 3.70 Å². The van der Waals surface area contributed by atoms with Gasteiger partial charge in [-0.2, -0.15) is 0 Å². The third-order valence-electron chi connectivity index (χ3n) is 1.56. The van der Waals surface area contributed by atoms with E-state index in [2.05, 4.69) is 9.72 Å². The molecule has 1 rings (SSSR count). The molecule has 0 aliphatic heterocycles. The number of pyridine rings is 1. The number of aromatic nitrogens is 1. The summed E-state index contributed by atoms with van der Waals surface area (Å²) in [6, 6.07) is 1.43. The normalized spacial score (nSPS) is 11.4. The SMILES string of the molecule is Cc1cc(I)nc(OC(F)(F)F)c1C(=O)Cl. The van der Waals surface area contributed by atoms with Crippen LogP contribution in [0.15, 0.2) is 6.07 Å². The Labute approximate surface area is 107 Å². The molecule has 0 radical (unpaired) electrons. The highest BCUT2D eigenvalue weighted by atomic mass is 127. The lowest BCUT2D eigenvalue weighted by Gasteiger charge is -2.12. The molecule has 0 N–H and O–H groups in total. The van der Waals surface area contributed by atoms with Gasteiger partial charge in [0, 0.05) is 0 Å².